The lowest BCUT2D eigenvalue weighted by Crippen LogP contribution is -2.26. The zero-order valence-corrected chi connectivity index (χ0v) is 17.2. The van der Waals surface area contributed by atoms with Crippen molar-refractivity contribution in [2.75, 3.05) is 11.4 Å². The van der Waals surface area contributed by atoms with Gasteiger partial charge in [0, 0.05) is 48.7 Å². The second kappa shape index (κ2) is 8.45. The predicted molar refractivity (Wildman–Crippen MR) is 116 cm³/mol. The summed E-state index contributed by atoms with van der Waals surface area (Å²) in [5.74, 6) is 0.590. The largest absolute Gasteiger partial charge is 0.348 e. The van der Waals surface area contributed by atoms with E-state index in [1.807, 2.05) is 50.2 Å². The Morgan fingerprint density at radius 3 is 2.43 bits per heavy atom. The van der Waals surface area contributed by atoms with Crippen LogP contribution in [-0.2, 0) is 11.3 Å². The van der Waals surface area contributed by atoms with Crippen LogP contribution in [0, 0.1) is 13.8 Å². The van der Waals surface area contributed by atoms with Crippen molar-refractivity contribution in [2.24, 2.45) is 0 Å². The molecule has 0 bridgehead atoms. The number of hydrogen-bond acceptors (Lipinski definition) is 4. The predicted octanol–water partition coefficient (Wildman–Crippen LogP) is 3.82. The molecule has 1 fully saturated rings. The van der Waals surface area contributed by atoms with Gasteiger partial charge in [-0.3, -0.25) is 9.59 Å². The van der Waals surface area contributed by atoms with Crippen LogP contribution in [0.3, 0.4) is 0 Å². The summed E-state index contributed by atoms with van der Waals surface area (Å²) in [5.41, 5.74) is 5.21. The third-order valence-corrected chi connectivity index (χ3v) is 5.24. The smallest absolute Gasteiger partial charge is 0.251 e. The first-order valence-electron chi connectivity index (χ1n) is 10.1. The molecule has 2 amide bonds. The molecule has 0 saturated carbocycles. The molecule has 0 atom stereocenters. The van der Waals surface area contributed by atoms with Gasteiger partial charge in [0.1, 0.15) is 5.82 Å². The van der Waals surface area contributed by atoms with Crippen LogP contribution in [0.4, 0.5) is 5.69 Å². The lowest BCUT2D eigenvalue weighted by molar-refractivity contribution is -0.117. The average Bonchev–Trinajstić information content (AvgIpc) is 3.19. The van der Waals surface area contributed by atoms with Gasteiger partial charge in [0.05, 0.1) is 0 Å². The Bertz CT molecular complexity index is 1080. The van der Waals surface area contributed by atoms with Crippen LogP contribution in [-0.4, -0.2) is 28.3 Å². The van der Waals surface area contributed by atoms with E-state index in [-0.39, 0.29) is 11.8 Å². The molecule has 0 radical (unpaired) electrons. The van der Waals surface area contributed by atoms with Crippen molar-refractivity contribution in [3.8, 4) is 11.1 Å². The van der Waals surface area contributed by atoms with E-state index in [2.05, 4.69) is 15.3 Å². The van der Waals surface area contributed by atoms with Gasteiger partial charge in [0.2, 0.25) is 5.91 Å². The van der Waals surface area contributed by atoms with Gasteiger partial charge >= 0.3 is 0 Å². The monoisotopic (exact) mass is 400 g/mol. The number of nitrogens with zero attached hydrogens (tertiary/aromatic N) is 3. The van der Waals surface area contributed by atoms with Crippen LogP contribution in [0.2, 0.25) is 0 Å². The van der Waals surface area contributed by atoms with Gasteiger partial charge in [0.25, 0.3) is 5.91 Å². The summed E-state index contributed by atoms with van der Waals surface area (Å²) in [4.78, 5) is 35.3. The fraction of sp³-hybridized carbons (Fsp3) is 0.250. The number of carbonyl (C=O) groups excluding carboxylic acids is 2. The van der Waals surface area contributed by atoms with Gasteiger partial charge in [0.15, 0.2) is 0 Å². The van der Waals surface area contributed by atoms with Crippen LogP contribution >= 0.6 is 0 Å². The fourth-order valence-corrected chi connectivity index (χ4v) is 3.53. The molecule has 0 unspecified atom stereocenters. The van der Waals surface area contributed by atoms with Crippen LogP contribution in [0.5, 0.6) is 0 Å². The minimum atomic E-state index is -0.197. The first kappa shape index (κ1) is 19.8. The van der Waals surface area contributed by atoms with E-state index >= 15 is 0 Å². The van der Waals surface area contributed by atoms with Crippen molar-refractivity contribution in [1.82, 2.24) is 15.3 Å². The van der Waals surface area contributed by atoms with Crippen LogP contribution < -0.4 is 10.2 Å². The number of carbonyl (C=O) groups is 2. The normalized spacial score (nSPS) is 13.5. The third kappa shape index (κ3) is 4.38. The Kier molecular flexibility index (Phi) is 5.57. The Hall–Kier alpha value is -3.54. The van der Waals surface area contributed by atoms with E-state index in [4.69, 9.17) is 0 Å². The van der Waals surface area contributed by atoms with Gasteiger partial charge < -0.3 is 10.2 Å². The maximum Gasteiger partial charge on any atom is 0.251 e. The molecule has 30 heavy (non-hydrogen) atoms. The SMILES string of the molecule is Cc1ccc(-c2cc(C(=O)NCc3cnc(C)nc3)cc(N3CCCC3=O)c2)cc1. The molecule has 1 aliphatic heterocycles. The van der Waals surface area contributed by atoms with E-state index in [0.29, 0.717) is 30.9 Å². The van der Waals surface area contributed by atoms with Gasteiger partial charge in [-0.25, -0.2) is 9.97 Å². The second-order valence-corrected chi connectivity index (χ2v) is 7.60. The number of aromatic nitrogens is 2. The maximum atomic E-state index is 12.9. The molecule has 4 rings (SSSR count). The second-order valence-electron chi connectivity index (χ2n) is 7.60. The first-order chi connectivity index (χ1) is 14.5. The zero-order chi connectivity index (χ0) is 21.1. The summed E-state index contributed by atoms with van der Waals surface area (Å²) >= 11 is 0. The summed E-state index contributed by atoms with van der Waals surface area (Å²) in [6.45, 7) is 4.88. The number of anilines is 1. The van der Waals surface area contributed by atoms with Crippen molar-refractivity contribution in [3.05, 3.63) is 77.4 Å². The Morgan fingerprint density at radius 1 is 1.03 bits per heavy atom. The number of rotatable bonds is 5. The molecule has 1 aliphatic rings. The van der Waals surface area contributed by atoms with E-state index in [1.165, 1.54) is 5.56 Å². The molecule has 6 nitrogen and oxygen atoms in total. The van der Waals surface area contributed by atoms with E-state index in [1.54, 1.807) is 23.4 Å². The Balaban J connectivity index is 1.64. The number of aryl methyl sites for hydroxylation is 2. The molecule has 6 heteroatoms. The van der Waals surface area contributed by atoms with E-state index in [0.717, 1.165) is 28.8 Å². The fourth-order valence-electron chi connectivity index (χ4n) is 3.53. The molecule has 0 aliphatic carbocycles. The van der Waals surface area contributed by atoms with Gasteiger partial charge in [-0.05, 0) is 49.6 Å². The summed E-state index contributed by atoms with van der Waals surface area (Å²) in [6, 6.07) is 13.8. The molecule has 1 aromatic heterocycles. The summed E-state index contributed by atoms with van der Waals surface area (Å²) in [7, 11) is 0. The maximum absolute atomic E-state index is 12.9. The highest BCUT2D eigenvalue weighted by atomic mass is 16.2. The minimum absolute atomic E-state index is 0.0965. The molecule has 1 N–H and O–H groups in total. The summed E-state index contributed by atoms with van der Waals surface area (Å²) in [5, 5.41) is 2.93. The number of hydrogen-bond donors (Lipinski definition) is 1. The van der Waals surface area contributed by atoms with Gasteiger partial charge in [-0.15, -0.1) is 0 Å². The molecular weight excluding hydrogens is 376 g/mol. The van der Waals surface area contributed by atoms with Crippen molar-refractivity contribution >= 4 is 17.5 Å². The zero-order valence-electron chi connectivity index (χ0n) is 17.2. The number of benzene rings is 2. The number of nitrogens with one attached hydrogen (secondary N) is 1. The molecule has 1 saturated heterocycles. The Labute approximate surface area is 176 Å². The lowest BCUT2D eigenvalue weighted by Gasteiger charge is -2.18. The highest BCUT2D eigenvalue weighted by molar-refractivity contribution is 6.00. The van der Waals surface area contributed by atoms with Crippen molar-refractivity contribution in [2.45, 2.75) is 33.2 Å². The minimum Gasteiger partial charge on any atom is -0.348 e. The average molecular weight is 400 g/mol. The summed E-state index contributed by atoms with van der Waals surface area (Å²) in [6.07, 6.45) is 4.80. The van der Waals surface area contributed by atoms with Crippen molar-refractivity contribution in [3.63, 3.8) is 0 Å². The van der Waals surface area contributed by atoms with Crippen molar-refractivity contribution < 1.29 is 9.59 Å². The van der Waals surface area contributed by atoms with Crippen LogP contribution in [0.15, 0.2) is 54.9 Å². The summed E-state index contributed by atoms with van der Waals surface area (Å²) < 4.78 is 0. The van der Waals surface area contributed by atoms with Gasteiger partial charge in [-0.1, -0.05) is 29.8 Å². The quantitative estimate of drug-likeness (QED) is 0.707. The standard InChI is InChI=1S/C24H24N4O2/c1-16-5-7-19(8-6-16)20-10-21(12-22(11-20)28-9-3-4-23(28)29)24(30)27-15-18-13-25-17(2)26-14-18/h5-8,10-14H,3-4,9,15H2,1-2H3,(H,27,30). The topological polar surface area (TPSA) is 75.2 Å². The lowest BCUT2D eigenvalue weighted by atomic mass is 10.00. The highest BCUT2D eigenvalue weighted by Crippen LogP contribution is 2.30. The molecule has 0 spiro atoms. The highest BCUT2D eigenvalue weighted by Gasteiger charge is 2.23. The molecule has 152 valence electrons. The first-order valence-corrected chi connectivity index (χ1v) is 10.1. The van der Waals surface area contributed by atoms with Crippen molar-refractivity contribution in [1.29, 1.82) is 0 Å². The molecular formula is C24H24N4O2. The van der Waals surface area contributed by atoms with Gasteiger partial charge in [-0.2, -0.15) is 0 Å². The number of amides is 2. The Morgan fingerprint density at radius 2 is 1.77 bits per heavy atom. The van der Waals surface area contributed by atoms with E-state index in [9.17, 15) is 9.59 Å². The molecule has 2 aromatic carbocycles. The van der Waals surface area contributed by atoms with E-state index < -0.39 is 0 Å². The third-order valence-electron chi connectivity index (χ3n) is 5.24. The molecule has 2 heterocycles. The van der Waals surface area contributed by atoms with Crippen LogP contribution in [0.1, 0.15) is 40.2 Å². The molecule has 3 aromatic rings. The van der Waals surface area contributed by atoms with Crippen LogP contribution in [0.25, 0.3) is 11.1 Å².